The lowest BCUT2D eigenvalue weighted by atomic mass is 10.2. The van der Waals surface area contributed by atoms with Crippen molar-refractivity contribution in [2.24, 2.45) is 5.73 Å². The highest BCUT2D eigenvalue weighted by Gasteiger charge is 2.25. The smallest absolute Gasteiger partial charge is 0.243 e. The van der Waals surface area contributed by atoms with Gasteiger partial charge in [-0.25, -0.2) is 13.1 Å². The summed E-state index contributed by atoms with van der Waals surface area (Å²) in [5, 5.41) is 0.0871. The van der Waals surface area contributed by atoms with E-state index < -0.39 is 16.1 Å². The topological polar surface area (TPSA) is 72.2 Å². The molecule has 9 heteroatoms. The van der Waals surface area contributed by atoms with Crippen LogP contribution in [0.25, 0.3) is 0 Å². The molecule has 0 radical (unpaired) electrons. The van der Waals surface area contributed by atoms with Gasteiger partial charge in [0.2, 0.25) is 10.0 Å². The van der Waals surface area contributed by atoms with E-state index in [0.717, 1.165) is 0 Å². The number of benzene rings is 1. The number of nitrogens with two attached hydrogens (primary N) is 1. The Morgan fingerprint density at radius 2 is 1.95 bits per heavy atom. The van der Waals surface area contributed by atoms with Gasteiger partial charge in [0.1, 0.15) is 4.90 Å². The summed E-state index contributed by atoms with van der Waals surface area (Å²) in [4.78, 5) is 0.0953. The molecule has 4 nitrogen and oxygen atoms in total. The van der Waals surface area contributed by atoms with E-state index in [0.29, 0.717) is 10.9 Å². The van der Waals surface area contributed by atoms with Crippen molar-refractivity contribution in [2.75, 3.05) is 0 Å². The molecule has 0 bridgehead atoms. The van der Waals surface area contributed by atoms with E-state index >= 15 is 0 Å². The Kier molecular flexibility index (Phi) is 6.69. The number of hydrogen-bond donors (Lipinski definition) is 2. The van der Waals surface area contributed by atoms with Crippen LogP contribution in [0, 0.1) is 0 Å². The molecular formula is C11H13BrCl2N2O2S2. The second kappa shape index (κ2) is 7.38. The van der Waals surface area contributed by atoms with Crippen molar-refractivity contribution < 1.29 is 8.42 Å². The Morgan fingerprint density at radius 1 is 1.45 bits per heavy atom. The summed E-state index contributed by atoms with van der Waals surface area (Å²) in [6.07, 6.45) is 0.819. The molecule has 0 heterocycles. The maximum Gasteiger partial charge on any atom is 0.243 e. The number of nitrogens with one attached hydrogen (secondary N) is 1. The highest BCUT2D eigenvalue weighted by atomic mass is 79.9. The van der Waals surface area contributed by atoms with Crippen molar-refractivity contribution in [1.29, 1.82) is 0 Å². The molecule has 1 rings (SSSR count). The molecule has 0 amide bonds. The van der Waals surface area contributed by atoms with Crippen LogP contribution in [-0.2, 0) is 10.0 Å². The third-order valence-corrected chi connectivity index (χ3v) is 5.56. The molecule has 0 spiro atoms. The highest BCUT2D eigenvalue weighted by Crippen LogP contribution is 2.32. The fourth-order valence-corrected chi connectivity index (χ4v) is 5.03. The maximum absolute atomic E-state index is 12.4. The summed E-state index contributed by atoms with van der Waals surface area (Å²) in [6, 6.07) is 2.54. The summed E-state index contributed by atoms with van der Waals surface area (Å²) < 4.78 is 27.8. The average Bonchev–Trinajstić information content (AvgIpc) is 2.24. The van der Waals surface area contributed by atoms with E-state index in [1.807, 2.05) is 6.92 Å². The molecule has 3 N–H and O–H groups in total. The number of thiocarbonyl (C=S) groups is 1. The van der Waals surface area contributed by atoms with Crippen molar-refractivity contribution in [3.8, 4) is 0 Å². The number of sulfonamides is 1. The zero-order valence-electron chi connectivity index (χ0n) is 10.5. The predicted molar refractivity (Wildman–Crippen MR) is 90.0 cm³/mol. The fraction of sp³-hybridized carbons (Fsp3) is 0.364. The van der Waals surface area contributed by atoms with Gasteiger partial charge in [-0.2, -0.15) is 0 Å². The summed E-state index contributed by atoms with van der Waals surface area (Å²) in [5.41, 5.74) is 5.44. The normalized spacial score (nSPS) is 13.2. The van der Waals surface area contributed by atoms with Crippen LogP contribution in [0.3, 0.4) is 0 Å². The van der Waals surface area contributed by atoms with Gasteiger partial charge in [-0.05, 0) is 18.6 Å². The minimum atomic E-state index is -3.85. The Morgan fingerprint density at radius 3 is 2.35 bits per heavy atom. The second-order valence-corrected chi connectivity index (χ2v) is 8.00. The van der Waals surface area contributed by atoms with Crippen molar-refractivity contribution in [2.45, 2.75) is 30.7 Å². The van der Waals surface area contributed by atoms with E-state index in [2.05, 4.69) is 20.7 Å². The minimum Gasteiger partial charge on any atom is -0.393 e. The molecule has 0 aliphatic heterocycles. The van der Waals surface area contributed by atoms with E-state index in [9.17, 15) is 8.42 Å². The zero-order chi connectivity index (χ0) is 15.5. The monoisotopic (exact) mass is 418 g/mol. The van der Waals surface area contributed by atoms with Crippen LogP contribution in [0.4, 0.5) is 0 Å². The first-order valence-electron chi connectivity index (χ1n) is 5.62. The predicted octanol–water partition coefficient (Wildman–Crippen LogP) is 3.49. The zero-order valence-corrected chi connectivity index (χ0v) is 15.2. The van der Waals surface area contributed by atoms with Gasteiger partial charge in [-0.15, -0.1) is 0 Å². The molecule has 0 fully saturated rings. The SMILES string of the molecule is CCC(CC(N)=S)NS(=O)(=O)c1c(Cl)cc(Br)cc1Cl. The van der Waals surface area contributed by atoms with E-state index in [1.165, 1.54) is 12.1 Å². The van der Waals surface area contributed by atoms with Gasteiger partial charge in [-0.3, -0.25) is 0 Å². The molecule has 1 aromatic carbocycles. The summed E-state index contributed by atoms with van der Waals surface area (Å²) in [6.45, 7) is 1.83. The Labute approximate surface area is 142 Å². The molecule has 0 aromatic heterocycles. The molecule has 20 heavy (non-hydrogen) atoms. The number of halogens is 3. The van der Waals surface area contributed by atoms with Crippen LogP contribution in [0.15, 0.2) is 21.5 Å². The lowest BCUT2D eigenvalue weighted by molar-refractivity contribution is 0.546. The van der Waals surface area contributed by atoms with Gasteiger partial charge in [0.05, 0.1) is 15.0 Å². The minimum absolute atomic E-state index is 0.0436. The lowest BCUT2D eigenvalue weighted by Gasteiger charge is -2.17. The summed E-state index contributed by atoms with van der Waals surface area (Å²) in [7, 11) is -3.85. The molecule has 1 atom stereocenters. The quantitative estimate of drug-likeness (QED) is 0.692. The van der Waals surface area contributed by atoms with E-state index in [1.54, 1.807) is 0 Å². The molecule has 0 aliphatic rings. The van der Waals surface area contributed by atoms with Crippen LogP contribution in [0.1, 0.15) is 19.8 Å². The van der Waals surface area contributed by atoms with Crippen molar-refractivity contribution in [1.82, 2.24) is 4.72 Å². The molecule has 1 aromatic rings. The van der Waals surface area contributed by atoms with Gasteiger partial charge in [-0.1, -0.05) is 58.3 Å². The molecule has 1 unspecified atom stereocenters. The van der Waals surface area contributed by atoms with E-state index in [4.69, 9.17) is 41.2 Å². The second-order valence-electron chi connectivity index (χ2n) is 4.10. The molecule has 0 aliphatic carbocycles. The number of rotatable bonds is 6. The Bertz CT molecular complexity index is 600. The van der Waals surface area contributed by atoms with Crippen LogP contribution in [0.5, 0.6) is 0 Å². The molecule has 112 valence electrons. The van der Waals surface area contributed by atoms with Gasteiger partial charge < -0.3 is 5.73 Å². The fourth-order valence-electron chi connectivity index (χ4n) is 1.58. The lowest BCUT2D eigenvalue weighted by Crippen LogP contribution is -2.37. The number of hydrogen-bond acceptors (Lipinski definition) is 3. The van der Waals surface area contributed by atoms with Crippen LogP contribution >= 0.6 is 51.3 Å². The van der Waals surface area contributed by atoms with Crippen LogP contribution in [-0.4, -0.2) is 19.4 Å². The third-order valence-electron chi connectivity index (χ3n) is 2.49. The van der Waals surface area contributed by atoms with Gasteiger partial charge in [0, 0.05) is 16.9 Å². The average molecular weight is 420 g/mol. The molecule has 0 saturated carbocycles. The Hall–Kier alpha value is 0.0800. The van der Waals surface area contributed by atoms with E-state index in [-0.39, 0.29) is 26.4 Å². The van der Waals surface area contributed by atoms with Crippen molar-refractivity contribution in [3.63, 3.8) is 0 Å². The van der Waals surface area contributed by atoms with Crippen LogP contribution < -0.4 is 10.5 Å². The summed E-state index contributed by atoms with van der Waals surface area (Å²) in [5.74, 6) is 0. The van der Waals surface area contributed by atoms with Gasteiger partial charge in [0.25, 0.3) is 0 Å². The highest BCUT2D eigenvalue weighted by molar-refractivity contribution is 9.10. The first-order valence-corrected chi connectivity index (χ1v) is 9.06. The van der Waals surface area contributed by atoms with Crippen molar-refractivity contribution >= 4 is 66.4 Å². The first-order chi connectivity index (χ1) is 9.17. The van der Waals surface area contributed by atoms with Gasteiger partial charge >= 0.3 is 0 Å². The van der Waals surface area contributed by atoms with Gasteiger partial charge in [0.15, 0.2) is 0 Å². The third kappa shape index (κ3) is 4.82. The van der Waals surface area contributed by atoms with Crippen LogP contribution in [0.2, 0.25) is 10.0 Å². The van der Waals surface area contributed by atoms with Crippen molar-refractivity contribution in [3.05, 3.63) is 26.7 Å². The Balaban J connectivity index is 3.14. The summed E-state index contributed by atoms with van der Waals surface area (Å²) >= 11 is 19.9. The molecule has 0 saturated heterocycles. The first kappa shape index (κ1) is 18.1. The molecular weight excluding hydrogens is 407 g/mol. The standard InChI is InChI=1S/C11H13BrCl2N2O2S2/c1-2-7(5-10(15)19)16-20(17,18)11-8(13)3-6(12)4-9(11)14/h3-4,7,16H,2,5H2,1H3,(H2,15,19). The largest absolute Gasteiger partial charge is 0.393 e. The maximum atomic E-state index is 12.4.